The number of methoxy groups -OCH3 is 1. The van der Waals surface area contributed by atoms with E-state index in [0.717, 1.165) is 0 Å². The predicted octanol–water partition coefficient (Wildman–Crippen LogP) is 3.74. The van der Waals surface area contributed by atoms with Crippen molar-refractivity contribution >= 4 is 51.2 Å². The van der Waals surface area contributed by atoms with Gasteiger partial charge in [-0.3, -0.25) is 4.79 Å². The average molecular weight is 338 g/mol. The second kappa shape index (κ2) is 5.26. The standard InChI is InChI=1S/C15H9Cl2NO4/c1-6-8(15(20)21-2)5-10-12(19)9-3-7(16)4-11(17)13(9)22-14(10)18-6/h3-5H,1-2H3. The van der Waals surface area contributed by atoms with E-state index in [9.17, 15) is 9.59 Å². The second-order valence-corrected chi connectivity index (χ2v) is 5.50. The van der Waals surface area contributed by atoms with Crippen molar-refractivity contribution in [3.63, 3.8) is 0 Å². The number of ether oxygens (including phenoxy) is 1. The summed E-state index contributed by atoms with van der Waals surface area (Å²) >= 11 is 12.0. The summed E-state index contributed by atoms with van der Waals surface area (Å²) in [7, 11) is 1.26. The summed E-state index contributed by atoms with van der Waals surface area (Å²) in [5, 5.41) is 0.929. The van der Waals surface area contributed by atoms with Gasteiger partial charge in [-0.05, 0) is 25.1 Å². The molecule has 0 aliphatic rings. The summed E-state index contributed by atoms with van der Waals surface area (Å²) in [5.41, 5.74) is 0.549. The summed E-state index contributed by atoms with van der Waals surface area (Å²) in [6, 6.07) is 4.35. The van der Waals surface area contributed by atoms with E-state index in [1.807, 2.05) is 0 Å². The smallest absolute Gasteiger partial charge is 0.339 e. The molecule has 1 aromatic carbocycles. The molecule has 3 aromatic rings. The number of aryl methyl sites for hydroxylation is 1. The Morgan fingerprint density at radius 2 is 1.95 bits per heavy atom. The summed E-state index contributed by atoms with van der Waals surface area (Å²) in [6.45, 7) is 1.62. The van der Waals surface area contributed by atoms with Crippen molar-refractivity contribution in [3.8, 4) is 0 Å². The molecule has 7 heteroatoms. The lowest BCUT2D eigenvalue weighted by Gasteiger charge is -2.07. The van der Waals surface area contributed by atoms with Crippen LogP contribution in [-0.4, -0.2) is 18.1 Å². The van der Waals surface area contributed by atoms with Crippen molar-refractivity contribution < 1.29 is 13.9 Å². The highest BCUT2D eigenvalue weighted by Crippen LogP contribution is 2.28. The Morgan fingerprint density at radius 1 is 1.23 bits per heavy atom. The van der Waals surface area contributed by atoms with Gasteiger partial charge in [0.2, 0.25) is 11.1 Å². The topological polar surface area (TPSA) is 69.4 Å². The van der Waals surface area contributed by atoms with Crippen LogP contribution < -0.4 is 5.43 Å². The van der Waals surface area contributed by atoms with Crippen LogP contribution in [0.4, 0.5) is 0 Å². The predicted molar refractivity (Wildman–Crippen MR) is 83.9 cm³/mol. The van der Waals surface area contributed by atoms with Crippen molar-refractivity contribution in [3.05, 3.63) is 49.7 Å². The van der Waals surface area contributed by atoms with Crippen LogP contribution in [0.3, 0.4) is 0 Å². The summed E-state index contributed by atoms with van der Waals surface area (Å²) in [4.78, 5) is 28.5. The maximum Gasteiger partial charge on any atom is 0.339 e. The molecule has 0 bridgehead atoms. The lowest BCUT2D eigenvalue weighted by Crippen LogP contribution is -2.10. The minimum absolute atomic E-state index is 0.104. The Hall–Kier alpha value is -2.11. The first-order valence-corrected chi connectivity index (χ1v) is 6.99. The van der Waals surface area contributed by atoms with Crippen molar-refractivity contribution in [2.45, 2.75) is 6.92 Å². The van der Waals surface area contributed by atoms with Gasteiger partial charge >= 0.3 is 5.97 Å². The highest BCUT2D eigenvalue weighted by atomic mass is 35.5. The summed E-state index contributed by atoms with van der Waals surface area (Å²) in [6.07, 6.45) is 0. The molecule has 0 saturated carbocycles. The Labute approximate surface area is 134 Å². The molecule has 22 heavy (non-hydrogen) atoms. The fraction of sp³-hybridized carbons (Fsp3) is 0.133. The number of carbonyl (C=O) groups excluding carboxylic acids is 1. The normalized spacial score (nSPS) is 11.1. The van der Waals surface area contributed by atoms with E-state index >= 15 is 0 Å². The van der Waals surface area contributed by atoms with Crippen LogP contribution in [0.2, 0.25) is 10.0 Å². The van der Waals surface area contributed by atoms with Crippen molar-refractivity contribution in [1.82, 2.24) is 4.98 Å². The molecule has 5 nitrogen and oxygen atoms in total. The monoisotopic (exact) mass is 337 g/mol. The quantitative estimate of drug-likeness (QED) is 0.499. The first kappa shape index (κ1) is 14.8. The molecule has 0 saturated heterocycles. The number of benzene rings is 1. The zero-order chi connectivity index (χ0) is 16.0. The molecule has 0 amide bonds. The van der Waals surface area contributed by atoms with Gasteiger partial charge < -0.3 is 9.15 Å². The first-order valence-electron chi connectivity index (χ1n) is 6.24. The first-order chi connectivity index (χ1) is 10.4. The molecule has 0 aliphatic heterocycles. The number of esters is 1. The van der Waals surface area contributed by atoms with E-state index in [2.05, 4.69) is 9.72 Å². The highest BCUT2D eigenvalue weighted by Gasteiger charge is 2.17. The largest absolute Gasteiger partial charge is 0.465 e. The van der Waals surface area contributed by atoms with Crippen LogP contribution in [0.1, 0.15) is 16.1 Å². The molecule has 2 heterocycles. The molecule has 3 rings (SSSR count). The van der Waals surface area contributed by atoms with E-state index in [-0.39, 0.29) is 38.1 Å². The number of aromatic nitrogens is 1. The lowest BCUT2D eigenvalue weighted by atomic mass is 10.1. The number of hydrogen-bond donors (Lipinski definition) is 0. The zero-order valence-electron chi connectivity index (χ0n) is 11.6. The maximum absolute atomic E-state index is 12.6. The van der Waals surface area contributed by atoms with E-state index in [0.29, 0.717) is 10.7 Å². The Morgan fingerprint density at radius 3 is 2.64 bits per heavy atom. The zero-order valence-corrected chi connectivity index (χ0v) is 13.1. The van der Waals surface area contributed by atoms with Gasteiger partial charge in [-0.2, -0.15) is 0 Å². The van der Waals surface area contributed by atoms with Crippen LogP contribution in [0.25, 0.3) is 22.1 Å². The van der Waals surface area contributed by atoms with Gasteiger partial charge in [-0.15, -0.1) is 0 Å². The fourth-order valence-electron chi connectivity index (χ4n) is 2.21. The molecule has 0 atom stereocenters. The van der Waals surface area contributed by atoms with Gasteiger partial charge in [0.25, 0.3) is 0 Å². The molecule has 2 aromatic heterocycles. The Balaban J connectivity index is 2.48. The van der Waals surface area contributed by atoms with Crippen molar-refractivity contribution in [1.29, 1.82) is 0 Å². The van der Waals surface area contributed by atoms with Crippen molar-refractivity contribution in [2.75, 3.05) is 7.11 Å². The maximum atomic E-state index is 12.6. The van der Waals surface area contributed by atoms with Crippen LogP contribution in [0.15, 0.2) is 27.4 Å². The van der Waals surface area contributed by atoms with E-state index in [1.54, 1.807) is 6.92 Å². The average Bonchev–Trinajstić information content (AvgIpc) is 2.47. The third-order valence-electron chi connectivity index (χ3n) is 3.28. The molecule has 0 radical (unpaired) electrons. The second-order valence-electron chi connectivity index (χ2n) is 4.66. The van der Waals surface area contributed by atoms with Crippen LogP contribution in [0, 0.1) is 6.92 Å². The number of rotatable bonds is 1. The number of carbonyl (C=O) groups is 1. The van der Waals surface area contributed by atoms with Gasteiger partial charge in [0.1, 0.15) is 0 Å². The van der Waals surface area contributed by atoms with Crippen molar-refractivity contribution in [2.24, 2.45) is 0 Å². The van der Waals surface area contributed by atoms with E-state index < -0.39 is 5.97 Å². The van der Waals surface area contributed by atoms with Crippen LogP contribution >= 0.6 is 23.2 Å². The number of nitrogens with zero attached hydrogens (tertiary/aromatic N) is 1. The van der Waals surface area contributed by atoms with Gasteiger partial charge in [0.15, 0.2) is 5.58 Å². The summed E-state index contributed by atoms with van der Waals surface area (Å²) in [5.74, 6) is -0.574. The lowest BCUT2D eigenvalue weighted by molar-refractivity contribution is 0.0599. The molecule has 0 unspecified atom stereocenters. The third-order valence-corrected chi connectivity index (χ3v) is 3.78. The Bertz CT molecular complexity index is 994. The molecular formula is C15H9Cl2NO4. The van der Waals surface area contributed by atoms with Crippen LogP contribution in [-0.2, 0) is 4.74 Å². The van der Waals surface area contributed by atoms with E-state index in [1.165, 1.54) is 25.3 Å². The van der Waals surface area contributed by atoms with Gasteiger partial charge in [-0.1, -0.05) is 23.2 Å². The summed E-state index contributed by atoms with van der Waals surface area (Å²) < 4.78 is 10.3. The SMILES string of the molecule is COC(=O)c1cc2c(=O)c3cc(Cl)cc(Cl)c3oc2nc1C. The third kappa shape index (κ3) is 2.23. The number of hydrogen-bond acceptors (Lipinski definition) is 5. The minimum Gasteiger partial charge on any atom is -0.465 e. The molecular weight excluding hydrogens is 329 g/mol. The highest BCUT2D eigenvalue weighted by molar-refractivity contribution is 6.38. The van der Waals surface area contributed by atoms with Gasteiger partial charge in [0.05, 0.1) is 34.2 Å². The number of pyridine rings is 1. The van der Waals surface area contributed by atoms with Gasteiger partial charge in [-0.25, -0.2) is 9.78 Å². The minimum atomic E-state index is -0.574. The molecule has 0 aliphatic carbocycles. The van der Waals surface area contributed by atoms with Crippen LogP contribution in [0.5, 0.6) is 0 Å². The number of fused-ring (bicyclic) bond motifs is 2. The molecule has 112 valence electrons. The molecule has 0 spiro atoms. The van der Waals surface area contributed by atoms with E-state index in [4.69, 9.17) is 27.6 Å². The molecule has 0 fully saturated rings. The fourth-order valence-corrected chi connectivity index (χ4v) is 2.75. The Kier molecular flexibility index (Phi) is 3.54. The van der Waals surface area contributed by atoms with Gasteiger partial charge in [0, 0.05) is 5.02 Å². The molecule has 0 N–H and O–H groups in total. The number of halogens is 2.